The first-order chi connectivity index (χ1) is 60.1. The highest BCUT2D eigenvalue weighted by Gasteiger charge is 2.50. The molecule has 1 aliphatic carbocycles. The zero-order valence-corrected chi connectivity index (χ0v) is 69.2. The van der Waals surface area contributed by atoms with Crippen LogP contribution in [0.2, 0.25) is 0 Å². The molecule has 0 fully saturated rings. The Balaban J connectivity index is 0.808. The Morgan fingerprint density at radius 2 is 0.562 bits per heavy atom. The highest BCUT2D eigenvalue weighted by molar-refractivity contribution is 7.28. The van der Waals surface area contributed by atoms with Crippen LogP contribution < -0.4 is 62.2 Å². The van der Waals surface area contributed by atoms with Crippen molar-refractivity contribution in [2.75, 3.05) is 29.4 Å². The van der Waals surface area contributed by atoms with Crippen molar-refractivity contribution < 1.29 is 0 Å². The van der Waals surface area contributed by atoms with E-state index in [1.807, 2.05) is 56.7 Å². The lowest BCUT2D eigenvalue weighted by atomic mass is 9.30. The van der Waals surface area contributed by atoms with E-state index in [1.165, 1.54) is 145 Å². The number of hydrogen-bond acceptors (Lipinski definition) is 11. The molecule has 5 aromatic heterocycles. The summed E-state index contributed by atoms with van der Waals surface area (Å²) < 4.78 is 11.3. The molecule has 0 unspecified atom stereocenters. The number of aryl methyl sites for hydroxylation is 1. The lowest BCUT2D eigenvalue weighted by molar-refractivity contribution is 1.01. The third-order valence-electron chi connectivity index (χ3n) is 26.0. The van der Waals surface area contributed by atoms with Gasteiger partial charge in [0.15, 0.2) is 0 Å². The van der Waals surface area contributed by atoms with Gasteiger partial charge in [-0.05, 0) is 196 Å². The minimum absolute atomic E-state index is 0.265. The molecule has 5 aliphatic rings. The Morgan fingerprint density at radius 1 is 0.231 bits per heavy atom. The summed E-state index contributed by atoms with van der Waals surface area (Å²) in [7, 11) is 0. The van der Waals surface area contributed by atoms with Gasteiger partial charge in [-0.1, -0.05) is 237 Å². The number of para-hydroxylation sites is 5. The maximum absolute atomic E-state index is 2.75. The molecule has 27 rings (SSSR count). The van der Waals surface area contributed by atoms with E-state index in [0.717, 1.165) is 104 Å². The normalized spacial score (nSPS) is 13.6. The Hall–Kier alpha value is -13.8. The number of hydrogen-bond donors (Lipinski definition) is 0. The second kappa shape index (κ2) is 26.4. The van der Waals surface area contributed by atoms with Gasteiger partial charge in [-0.15, -0.1) is 56.7 Å². The minimum atomic E-state index is -0.270. The molecular weight excluding hydrogens is 1560 g/mol. The van der Waals surface area contributed by atoms with Crippen molar-refractivity contribution in [3.8, 4) is 0 Å². The van der Waals surface area contributed by atoms with E-state index in [9.17, 15) is 0 Å². The van der Waals surface area contributed by atoms with Gasteiger partial charge in [0.05, 0.1) is 63.3 Å². The van der Waals surface area contributed by atoms with Crippen molar-refractivity contribution >= 4 is 302 Å². The van der Waals surface area contributed by atoms with Crippen LogP contribution in [0, 0.1) is 0 Å². The molecule has 0 amide bonds. The predicted octanol–water partition coefficient (Wildman–Crippen LogP) is 28.4. The van der Waals surface area contributed by atoms with Gasteiger partial charge in [-0.3, -0.25) is 0 Å². The first-order valence-electron chi connectivity index (χ1n) is 41.6. The number of allylic oxidation sites excluding steroid dienone is 1. The lowest BCUT2D eigenvalue weighted by Gasteiger charge is -2.48. The van der Waals surface area contributed by atoms with Crippen LogP contribution in [0.4, 0.5) is 102 Å². The van der Waals surface area contributed by atoms with E-state index in [1.54, 1.807) is 0 Å². The topological polar surface area (TPSA) is 19.4 Å². The van der Waals surface area contributed by atoms with Crippen LogP contribution in [0.3, 0.4) is 0 Å². The molecule has 0 atom stereocenters. The SMILES string of the molecule is C1=Cc2sc3c(N4c5ccccc5B5c6cc7c(cc6N(c6cccc8c6sc6ccccc68)c6cc(N(c8ccccc8)c8cccc9c8sc8ccccc89)cc4c65)N(c4cccc5c4sc4ccccc45)c4cc(N(c5ccccc5)c5ccccc5)cc5c4B7c4ccccc4N5c4cccc5c4sc4ccccc45)cccc3c2CC1. The van der Waals surface area contributed by atoms with Crippen molar-refractivity contribution in [2.45, 2.75) is 12.8 Å². The highest BCUT2D eigenvalue weighted by atomic mass is 32.1. The molecule has 13 heteroatoms. The van der Waals surface area contributed by atoms with E-state index in [4.69, 9.17) is 0 Å². The van der Waals surface area contributed by atoms with Gasteiger partial charge in [-0.2, -0.15) is 0 Å². The fourth-order valence-electron chi connectivity index (χ4n) is 21.1. The van der Waals surface area contributed by atoms with Crippen molar-refractivity contribution in [1.29, 1.82) is 0 Å². The first-order valence-corrected chi connectivity index (χ1v) is 45.6. The van der Waals surface area contributed by atoms with Crippen molar-refractivity contribution in [1.82, 2.24) is 0 Å². The van der Waals surface area contributed by atoms with Gasteiger partial charge >= 0.3 is 0 Å². The third kappa shape index (κ3) is 9.92. The number of fused-ring (bicyclic) bond motifs is 23. The Morgan fingerprint density at radius 3 is 1.01 bits per heavy atom. The summed E-state index contributed by atoms with van der Waals surface area (Å²) in [4.78, 5) is 17.3. The molecule has 564 valence electrons. The summed E-state index contributed by atoms with van der Waals surface area (Å²) in [5.74, 6) is 0. The molecule has 6 nitrogen and oxygen atoms in total. The monoisotopic (exact) mass is 1630 g/mol. The number of rotatable bonds is 10. The Labute approximate surface area is 718 Å². The zero-order chi connectivity index (χ0) is 78.8. The molecule has 17 aromatic carbocycles. The third-order valence-corrected chi connectivity index (χ3v) is 32.1. The van der Waals surface area contributed by atoms with Crippen LogP contribution in [0.5, 0.6) is 0 Å². The van der Waals surface area contributed by atoms with Gasteiger partial charge in [0, 0.05) is 129 Å². The quantitative estimate of drug-likeness (QED) is 0.126. The molecule has 0 N–H and O–H groups in total. The van der Waals surface area contributed by atoms with Crippen LogP contribution in [-0.2, 0) is 6.42 Å². The molecule has 0 radical (unpaired) electrons. The van der Waals surface area contributed by atoms with E-state index in [0.29, 0.717) is 0 Å². The molecule has 121 heavy (non-hydrogen) atoms. The van der Waals surface area contributed by atoms with E-state index >= 15 is 0 Å². The highest BCUT2D eigenvalue weighted by Crippen LogP contribution is 2.58. The molecule has 0 bridgehead atoms. The smallest absolute Gasteiger partial charge is 0.252 e. The van der Waals surface area contributed by atoms with Gasteiger partial charge in [0.1, 0.15) is 0 Å². The maximum atomic E-state index is 2.75. The summed E-state index contributed by atoms with van der Waals surface area (Å²) in [5, 5.41) is 11.4. The molecule has 4 aliphatic heterocycles. The van der Waals surface area contributed by atoms with Crippen molar-refractivity contribution in [3.63, 3.8) is 0 Å². The van der Waals surface area contributed by atoms with Crippen LogP contribution in [0.25, 0.3) is 96.9 Å². The van der Waals surface area contributed by atoms with Crippen LogP contribution in [0.1, 0.15) is 16.9 Å². The van der Waals surface area contributed by atoms with Gasteiger partial charge in [0.2, 0.25) is 0 Å². The average Bonchev–Trinajstić information content (AvgIpc) is 1.13. The molecule has 0 spiro atoms. The summed E-state index contributed by atoms with van der Waals surface area (Å²) >= 11 is 9.54. The standard InChI is InChI=1S/C108H66B2N6S5/c1-4-29-65(30-5-1)111(66-31-6-2-7-32-66)68-59-93-102-95(60-68)115(89-52-27-43-78-73-38-13-22-57-100(73)120-107(78)89)91-64-92-83(63-82(91)109(102)80-45-15-17-47-84(80)113(93)87-50-25-41-76-71-36-11-20-55-98(71)118-105(76)87)110-81-46-16-18-48-85(81)114(88-51-26-42-77-72-37-12-21-56-99(72)119-106(77)88)94-61-69(62-96(103(94)110)116(92)90-53-28-44-79-74-39-14-23-58-101(74)121-108(79)90)112(67-33-8-3-9-34-67)86-49-24-40-75-70-35-10-19-54-97(70)117-104(75)86/h1-11,13-36,38-64H,12,37H2. The van der Waals surface area contributed by atoms with Crippen LogP contribution in [-0.4, -0.2) is 13.4 Å². The molecule has 22 aromatic rings. The maximum Gasteiger partial charge on any atom is 0.252 e. The number of thiophene rings is 5. The van der Waals surface area contributed by atoms with Crippen LogP contribution in [0.15, 0.2) is 370 Å². The second-order valence-corrected chi connectivity index (χ2v) is 37.6. The largest absolute Gasteiger partial charge is 0.310 e. The van der Waals surface area contributed by atoms with E-state index in [-0.39, 0.29) is 13.4 Å². The summed E-state index contributed by atoms with van der Waals surface area (Å²) in [6.45, 7) is -0.535. The van der Waals surface area contributed by atoms with Crippen LogP contribution >= 0.6 is 56.7 Å². The minimum Gasteiger partial charge on any atom is -0.310 e. The van der Waals surface area contributed by atoms with Gasteiger partial charge in [-0.25, -0.2) is 0 Å². The zero-order valence-electron chi connectivity index (χ0n) is 65.1. The number of nitrogens with zero attached hydrogens (tertiary/aromatic N) is 6. The van der Waals surface area contributed by atoms with E-state index < -0.39 is 0 Å². The van der Waals surface area contributed by atoms with Crippen molar-refractivity contribution in [3.05, 3.63) is 380 Å². The Kier molecular flexibility index (Phi) is 14.9. The van der Waals surface area contributed by atoms with Gasteiger partial charge < -0.3 is 29.4 Å². The summed E-state index contributed by atoms with van der Waals surface area (Å²) in [6.07, 6.45) is 6.80. The molecule has 0 saturated heterocycles. The molecule has 0 saturated carbocycles. The molecule has 9 heterocycles. The van der Waals surface area contributed by atoms with E-state index in [2.05, 4.69) is 406 Å². The van der Waals surface area contributed by atoms with Gasteiger partial charge in [0.25, 0.3) is 13.4 Å². The second-order valence-electron chi connectivity index (χ2n) is 32.3. The fourth-order valence-corrected chi connectivity index (χ4v) is 27.2. The average molecular weight is 1630 g/mol. The molecular formula is C108H66B2N6S5. The fraction of sp³-hybridized carbons (Fsp3) is 0.0185. The number of anilines is 18. The summed E-state index contributed by atoms with van der Waals surface area (Å²) in [5.41, 5.74) is 29.2. The summed E-state index contributed by atoms with van der Waals surface area (Å²) in [6, 6.07) is 139. The Bertz CT molecular complexity index is 8170. The lowest BCUT2D eigenvalue weighted by Crippen LogP contribution is -2.65. The number of benzene rings is 17. The van der Waals surface area contributed by atoms with Crippen molar-refractivity contribution in [2.24, 2.45) is 0 Å². The predicted molar refractivity (Wildman–Crippen MR) is 528 cm³/mol. The first kappa shape index (κ1) is 68.2.